The van der Waals surface area contributed by atoms with E-state index in [1.165, 1.54) is 4.31 Å². The van der Waals surface area contributed by atoms with Gasteiger partial charge in [0.25, 0.3) is 5.91 Å². The van der Waals surface area contributed by atoms with Gasteiger partial charge in [-0.3, -0.25) is 19.8 Å². The molecule has 2 unspecified atom stereocenters. The lowest BCUT2D eigenvalue weighted by molar-refractivity contribution is -0.131. The molecule has 2 amide bonds. The Balaban J connectivity index is 1.33. The number of nitrogens with zero attached hydrogens (tertiary/aromatic N) is 2. The minimum absolute atomic E-state index is 0.0779. The molecule has 2 atom stereocenters. The van der Waals surface area contributed by atoms with Crippen LogP contribution in [0, 0.1) is 6.92 Å². The molecule has 2 aromatic carbocycles. The van der Waals surface area contributed by atoms with Crippen LogP contribution < -0.4 is 20.9 Å². The van der Waals surface area contributed by atoms with Gasteiger partial charge in [-0.1, -0.05) is 18.2 Å². The number of morpholine rings is 1. The van der Waals surface area contributed by atoms with Crippen LogP contribution in [0.3, 0.4) is 0 Å². The second-order valence-corrected chi connectivity index (χ2v) is 13.3. The van der Waals surface area contributed by atoms with Gasteiger partial charge in [0.15, 0.2) is 0 Å². The molecule has 230 valence electrons. The van der Waals surface area contributed by atoms with E-state index in [1.807, 2.05) is 37.3 Å². The van der Waals surface area contributed by atoms with Crippen molar-refractivity contribution >= 4 is 32.7 Å². The van der Waals surface area contributed by atoms with Crippen molar-refractivity contribution in [3.63, 3.8) is 0 Å². The number of pyridine rings is 1. The minimum Gasteiger partial charge on any atom is -0.490 e. The summed E-state index contributed by atoms with van der Waals surface area (Å²) >= 11 is 0. The Morgan fingerprint density at radius 1 is 1.19 bits per heavy atom. The van der Waals surface area contributed by atoms with Gasteiger partial charge in [-0.05, 0) is 61.7 Å². The van der Waals surface area contributed by atoms with Crippen LogP contribution in [0.15, 0.2) is 54.6 Å². The second kappa shape index (κ2) is 12.5. The summed E-state index contributed by atoms with van der Waals surface area (Å²) in [6.07, 6.45) is 1.64. The molecule has 4 N–H and O–H groups in total. The van der Waals surface area contributed by atoms with Crippen LogP contribution in [0.5, 0.6) is 5.75 Å². The Morgan fingerprint density at radius 2 is 1.95 bits per heavy atom. The smallest absolute Gasteiger partial charge is 0.251 e. The summed E-state index contributed by atoms with van der Waals surface area (Å²) in [5.41, 5.74) is 2.72. The third-order valence-electron chi connectivity index (χ3n) is 8.00. The van der Waals surface area contributed by atoms with Gasteiger partial charge in [-0.25, -0.2) is 13.9 Å². The number of hydrogen-bond acceptors (Lipinski definition) is 9. The van der Waals surface area contributed by atoms with Crippen LogP contribution in [0.4, 0.5) is 0 Å². The zero-order valence-corrected chi connectivity index (χ0v) is 25.1. The summed E-state index contributed by atoms with van der Waals surface area (Å²) in [5, 5.41) is 16.4. The standard InChI is InChI=1S/C30H37N5O7S/c1-21-16-25(24-6-3-4-7-26(24)32-21)30(18-31-13-15-42-30)20-41-23-10-8-22(9-11-23)28(37)33-29(17-27(36)34-38)12-5-14-35(19-29)43(2,39)40/h3-4,6-11,16,31,38H,5,12-15,17-20H2,1-2H3,(H,33,37)(H,34,36). The Kier molecular flexibility index (Phi) is 8.99. The molecule has 5 rings (SSSR count). The molecular weight excluding hydrogens is 574 g/mol. The van der Waals surface area contributed by atoms with Crippen LogP contribution in [-0.2, 0) is 25.2 Å². The summed E-state index contributed by atoms with van der Waals surface area (Å²) in [5.74, 6) is -0.650. The molecule has 0 radical (unpaired) electrons. The molecule has 2 saturated heterocycles. The van der Waals surface area contributed by atoms with Gasteiger partial charge < -0.3 is 20.1 Å². The third-order valence-corrected chi connectivity index (χ3v) is 9.25. The summed E-state index contributed by atoms with van der Waals surface area (Å²) < 4.78 is 38.3. The van der Waals surface area contributed by atoms with Crippen LogP contribution in [0.25, 0.3) is 10.9 Å². The Hall–Kier alpha value is -3.62. The van der Waals surface area contributed by atoms with Gasteiger partial charge in [-0.2, -0.15) is 4.31 Å². The molecule has 2 aliphatic heterocycles. The van der Waals surface area contributed by atoms with Gasteiger partial charge in [0.2, 0.25) is 15.9 Å². The van der Waals surface area contributed by atoms with E-state index in [0.29, 0.717) is 43.9 Å². The fourth-order valence-electron chi connectivity index (χ4n) is 5.91. The highest BCUT2D eigenvalue weighted by Gasteiger charge is 2.42. The lowest BCUT2D eigenvalue weighted by atomic mass is 9.86. The van der Waals surface area contributed by atoms with Gasteiger partial charge in [-0.15, -0.1) is 0 Å². The van der Waals surface area contributed by atoms with Crippen molar-refractivity contribution in [2.75, 3.05) is 45.6 Å². The number of nitrogens with one attached hydrogen (secondary N) is 3. The highest BCUT2D eigenvalue weighted by Crippen LogP contribution is 2.34. The molecule has 0 spiro atoms. The molecule has 0 bridgehead atoms. The fraction of sp³-hybridized carbons (Fsp3) is 0.433. The number of para-hydroxylation sites is 1. The SMILES string of the molecule is Cc1cc(C2(COc3ccc(C(=O)NC4(CC(=O)NO)CCCN(S(C)(=O)=O)C4)cc3)CNCCO2)c2ccccc2n1. The molecule has 12 nitrogen and oxygen atoms in total. The van der Waals surface area contributed by atoms with Crippen molar-refractivity contribution in [3.05, 3.63) is 71.4 Å². The number of hydrogen-bond donors (Lipinski definition) is 4. The Bertz CT molecular complexity index is 1590. The fourth-order valence-corrected chi connectivity index (χ4v) is 6.86. The normalized spacial score (nSPS) is 23.0. The number of rotatable bonds is 9. The topological polar surface area (TPSA) is 159 Å². The van der Waals surface area contributed by atoms with Crippen LogP contribution in [-0.4, -0.2) is 85.9 Å². The van der Waals surface area contributed by atoms with E-state index in [9.17, 15) is 18.0 Å². The predicted octanol–water partition coefficient (Wildman–Crippen LogP) is 1.86. The lowest BCUT2D eigenvalue weighted by Crippen LogP contribution is -2.61. The highest BCUT2D eigenvalue weighted by molar-refractivity contribution is 7.88. The van der Waals surface area contributed by atoms with Gasteiger partial charge in [0.05, 0.1) is 30.3 Å². The molecule has 13 heteroatoms. The van der Waals surface area contributed by atoms with Crippen LogP contribution in [0.2, 0.25) is 0 Å². The van der Waals surface area contributed by atoms with Crippen molar-refractivity contribution < 1.29 is 32.7 Å². The molecule has 3 heterocycles. The van der Waals surface area contributed by atoms with E-state index >= 15 is 0 Å². The maximum absolute atomic E-state index is 13.3. The van der Waals surface area contributed by atoms with E-state index in [1.54, 1.807) is 29.7 Å². The van der Waals surface area contributed by atoms with Gasteiger partial charge in [0, 0.05) is 42.8 Å². The molecule has 0 saturated carbocycles. The van der Waals surface area contributed by atoms with Gasteiger partial charge in [0.1, 0.15) is 18.0 Å². The van der Waals surface area contributed by atoms with E-state index in [-0.39, 0.29) is 19.6 Å². The first kappa shape index (κ1) is 30.8. The van der Waals surface area contributed by atoms with Crippen molar-refractivity contribution in [1.29, 1.82) is 0 Å². The first-order chi connectivity index (χ1) is 20.5. The number of aromatic nitrogens is 1. The highest BCUT2D eigenvalue weighted by atomic mass is 32.2. The molecule has 3 aromatic rings. The molecule has 1 aromatic heterocycles. The number of piperidine rings is 1. The number of hydroxylamine groups is 1. The first-order valence-corrected chi connectivity index (χ1v) is 16.0. The summed E-state index contributed by atoms with van der Waals surface area (Å²) in [6, 6.07) is 16.6. The zero-order chi connectivity index (χ0) is 30.7. The molecule has 2 aliphatic rings. The van der Waals surface area contributed by atoms with E-state index in [0.717, 1.165) is 35.0 Å². The van der Waals surface area contributed by atoms with Crippen molar-refractivity contribution in [2.24, 2.45) is 0 Å². The maximum Gasteiger partial charge on any atom is 0.251 e. The number of sulfonamides is 1. The third kappa shape index (κ3) is 6.97. The molecule has 2 fully saturated rings. The van der Waals surface area contributed by atoms with Crippen LogP contribution >= 0.6 is 0 Å². The summed E-state index contributed by atoms with van der Waals surface area (Å²) in [6.45, 7) is 4.19. The van der Waals surface area contributed by atoms with E-state index in [4.69, 9.17) is 14.7 Å². The van der Waals surface area contributed by atoms with E-state index < -0.39 is 33.0 Å². The maximum atomic E-state index is 13.3. The number of carbonyl (C=O) groups is 2. The van der Waals surface area contributed by atoms with Crippen LogP contribution in [0.1, 0.15) is 40.9 Å². The summed E-state index contributed by atoms with van der Waals surface area (Å²) in [7, 11) is -3.55. The molecular formula is C30H37N5O7S. The first-order valence-electron chi connectivity index (χ1n) is 14.2. The number of benzene rings is 2. The quantitative estimate of drug-likeness (QED) is 0.209. The number of amides is 2. The minimum atomic E-state index is -3.55. The Labute approximate surface area is 250 Å². The van der Waals surface area contributed by atoms with E-state index in [2.05, 4.69) is 15.6 Å². The number of aryl methyl sites for hydroxylation is 1. The number of carbonyl (C=O) groups excluding carboxylic acids is 2. The molecule has 0 aliphatic carbocycles. The largest absolute Gasteiger partial charge is 0.490 e. The predicted molar refractivity (Wildman–Crippen MR) is 159 cm³/mol. The van der Waals surface area contributed by atoms with Crippen molar-refractivity contribution in [3.8, 4) is 5.75 Å². The Morgan fingerprint density at radius 3 is 2.65 bits per heavy atom. The van der Waals surface area contributed by atoms with Gasteiger partial charge >= 0.3 is 0 Å². The second-order valence-electron chi connectivity index (χ2n) is 11.3. The molecule has 43 heavy (non-hydrogen) atoms. The summed E-state index contributed by atoms with van der Waals surface area (Å²) in [4.78, 5) is 30.1. The lowest BCUT2D eigenvalue weighted by Gasteiger charge is -2.42. The number of ether oxygens (including phenoxy) is 2. The average Bonchev–Trinajstić information content (AvgIpc) is 3.00. The zero-order valence-electron chi connectivity index (χ0n) is 24.3. The number of fused-ring (bicyclic) bond motifs is 1. The van der Waals surface area contributed by atoms with Crippen molar-refractivity contribution in [1.82, 2.24) is 25.4 Å². The monoisotopic (exact) mass is 611 g/mol. The van der Waals surface area contributed by atoms with Crippen molar-refractivity contribution in [2.45, 2.75) is 37.3 Å². The average molecular weight is 612 g/mol.